The molecule has 2 aromatic carbocycles. The number of hydrogen-bond donors (Lipinski definition) is 2. The lowest BCUT2D eigenvalue weighted by atomic mass is 10.1. The number of rotatable bonds is 7. The van der Waals surface area contributed by atoms with E-state index in [1.165, 1.54) is 29.2 Å². The summed E-state index contributed by atoms with van der Waals surface area (Å²) in [6.45, 7) is 2.12. The van der Waals surface area contributed by atoms with Crippen LogP contribution in [0.2, 0.25) is 0 Å². The fourth-order valence-corrected chi connectivity index (χ4v) is 3.02. The maximum Gasteiger partial charge on any atom is 0.276 e. The van der Waals surface area contributed by atoms with Crippen LogP contribution in [0.1, 0.15) is 13.3 Å². The molecule has 0 bridgehead atoms. The van der Waals surface area contributed by atoms with Crippen LogP contribution in [-0.2, 0) is 14.4 Å². The molecule has 1 heterocycles. The average molecular weight is 415 g/mol. The molecular formula is C21H22FN3O5. The van der Waals surface area contributed by atoms with E-state index in [0.29, 0.717) is 23.8 Å². The highest BCUT2D eigenvalue weighted by Crippen LogP contribution is 2.33. The molecule has 0 unspecified atom stereocenters. The minimum Gasteiger partial charge on any atom is -0.492 e. The van der Waals surface area contributed by atoms with Crippen molar-refractivity contribution in [3.05, 3.63) is 54.3 Å². The van der Waals surface area contributed by atoms with Gasteiger partial charge in [-0.05, 0) is 43.3 Å². The normalized spacial score (nSPS) is 15.6. The molecule has 8 nitrogen and oxygen atoms in total. The van der Waals surface area contributed by atoms with Crippen LogP contribution in [0.5, 0.6) is 11.5 Å². The van der Waals surface area contributed by atoms with Crippen molar-refractivity contribution in [2.75, 3.05) is 24.7 Å². The largest absolute Gasteiger partial charge is 0.492 e. The number of anilines is 1. The Bertz CT molecular complexity index is 919. The molecule has 2 N–H and O–H groups in total. The number of ether oxygens (including phenoxy) is 2. The summed E-state index contributed by atoms with van der Waals surface area (Å²) < 4.78 is 23.6. The Kier molecular flexibility index (Phi) is 6.84. The summed E-state index contributed by atoms with van der Waals surface area (Å²) in [4.78, 5) is 38.2. The topological polar surface area (TPSA) is 97.0 Å². The number of amides is 3. The molecule has 1 aliphatic heterocycles. The predicted octanol–water partition coefficient (Wildman–Crippen LogP) is 1.80. The van der Waals surface area contributed by atoms with Gasteiger partial charge in [-0.3, -0.25) is 25.2 Å². The van der Waals surface area contributed by atoms with E-state index >= 15 is 0 Å². The van der Waals surface area contributed by atoms with Crippen molar-refractivity contribution in [3.8, 4) is 11.5 Å². The Labute approximate surface area is 172 Å². The van der Waals surface area contributed by atoms with Gasteiger partial charge in [0.05, 0.1) is 18.2 Å². The molecule has 3 amide bonds. The number of benzene rings is 2. The zero-order chi connectivity index (χ0) is 21.5. The van der Waals surface area contributed by atoms with Gasteiger partial charge in [-0.15, -0.1) is 0 Å². The van der Waals surface area contributed by atoms with Gasteiger partial charge in [0.15, 0.2) is 6.61 Å². The minimum absolute atomic E-state index is 0.0221. The van der Waals surface area contributed by atoms with Crippen molar-refractivity contribution in [2.24, 2.45) is 5.92 Å². The molecule has 1 atom stereocenters. The van der Waals surface area contributed by atoms with Gasteiger partial charge in [-0.2, -0.15) is 0 Å². The Morgan fingerprint density at radius 3 is 2.57 bits per heavy atom. The van der Waals surface area contributed by atoms with Crippen molar-refractivity contribution in [1.82, 2.24) is 10.9 Å². The van der Waals surface area contributed by atoms with E-state index < -0.39 is 23.5 Å². The molecule has 1 aliphatic rings. The lowest BCUT2D eigenvalue weighted by Crippen LogP contribution is -2.46. The van der Waals surface area contributed by atoms with Crippen molar-refractivity contribution in [3.63, 3.8) is 0 Å². The molecule has 0 aromatic heterocycles. The Balaban J connectivity index is 1.50. The first-order chi connectivity index (χ1) is 14.5. The third-order valence-corrected chi connectivity index (χ3v) is 4.46. The van der Waals surface area contributed by atoms with Crippen LogP contribution < -0.4 is 25.2 Å². The molecule has 1 fully saturated rings. The summed E-state index contributed by atoms with van der Waals surface area (Å²) in [5.41, 5.74) is 5.17. The Morgan fingerprint density at radius 2 is 1.83 bits per heavy atom. The summed E-state index contributed by atoms with van der Waals surface area (Å²) in [6, 6.07) is 12.3. The molecule has 3 rings (SSSR count). The quantitative estimate of drug-likeness (QED) is 0.673. The fraction of sp³-hybridized carbons (Fsp3) is 0.286. The van der Waals surface area contributed by atoms with Crippen LogP contribution in [0.4, 0.5) is 10.1 Å². The minimum atomic E-state index is -0.620. The van der Waals surface area contributed by atoms with Crippen molar-refractivity contribution in [2.45, 2.75) is 13.3 Å². The molecule has 0 aliphatic carbocycles. The second kappa shape index (κ2) is 9.73. The molecule has 2 aromatic rings. The average Bonchev–Trinajstić information content (AvgIpc) is 3.14. The summed E-state index contributed by atoms with van der Waals surface area (Å²) in [7, 11) is 0. The molecule has 0 radical (unpaired) electrons. The van der Waals surface area contributed by atoms with E-state index in [1.54, 1.807) is 18.2 Å². The van der Waals surface area contributed by atoms with E-state index in [2.05, 4.69) is 10.9 Å². The van der Waals surface area contributed by atoms with Crippen LogP contribution in [0, 0.1) is 11.7 Å². The van der Waals surface area contributed by atoms with E-state index in [0.717, 1.165) is 0 Å². The highest BCUT2D eigenvalue weighted by atomic mass is 19.1. The monoisotopic (exact) mass is 415 g/mol. The van der Waals surface area contributed by atoms with Crippen molar-refractivity contribution < 1.29 is 28.2 Å². The molecule has 0 spiro atoms. The zero-order valence-corrected chi connectivity index (χ0v) is 16.4. The van der Waals surface area contributed by atoms with Crippen LogP contribution >= 0.6 is 0 Å². The molecular weight excluding hydrogens is 393 g/mol. The standard InChI is InChI=1S/C21H22FN3O5/c1-2-29-18-6-4-3-5-17(18)25-12-14(11-20(25)27)21(28)24-23-19(26)13-30-16-9-7-15(22)8-10-16/h3-10,14H,2,11-13H2,1H3,(H,23,26)(H,24,28)/t14-/m0/s1. The van der Waals surface area contributed by atoms with Gasteiger partial charge in [0.2, 0.25) is 11.8 Å². The van der Waals surface area contributed by atoms with Gasteiger partial charge in [-0.1, -0.05) is 12.1 Å². The number of nitrogens with zero attached hydrogens (tertiary/aromatic N) is 1. The fourth-order valence-electron chi connectivity index (χ4n) is 3.02. The molecule has 0 saturated carbocycles. The number of hydrazine groups is 1. The van der Waals surface area contributed by atoms with E-state index in [9.17, 15) is 18.8 Å². The first-order valence-corrected chi connectivity index (χ1v) is 9.47. The van der Waals surface area contributed by atoms with E-state index in [4.69, 9.17) is 9.47 Å². The van der Waals surface area contributed by atoms with Crippen LogP contribution in [0.25, 0.3) is 0 Å². The molecule has 30 heavy (non-hydrogen) atoms. The predicted molar refractivity (Wildman–Crippen MR) is 106 cm³/mol. The highest BCUT2D eigenvalue weighted by molar-refractivity contribution is 6.01. The van der Waals surface area contributed by atoms with E-state index in [1.807, 2.05) is 13.0 Å². The summed E-state index contributed by atoms with van der Waals surface area (Å²) in [5, 5.41) is 0. The Hall–Kier alpha value is -3.62. The number of carbonyl (C=O) groups excluding carboxylic acids is 3. The summed E-state index contributed by atoms with van der Waals surface area (Å²) in [5.74, 6) is -1.41. The molecule has 158 valence electrons. The van der Waals surface area contributed by atoms with Gasteiger partial charge < -0.3 is 14.4 Å². The van der Waals surface area contributed by atoms with Gasteiger partial charge in [0, 0.05) is 13.0 Å². The van der Waals surface area contributed by atoms with Gasteiger partial charge in [0.25, 0.3) is 5.91 Å². The smallest absolute Gasteiger partial charge is 0.276 e. The number of hydrogen-bond acceptors (Lipinski definition) is 5. The molecule has 9 heteroatoms. The zero-order valence-electron chi connectivity index (χ0n) is 16.4. The lowest BCUT2D eigenvalue weighted by molar-refractivity contribution is -0.132. The summed E-state index contributed by atoms with van der Waals surface area (Å²) >= 11 is 0. The maximum atomic E-state index is 12.9. The number of carbonyl (C=O) groups is 3. The third-order valence-electron chi connectivity index (χ3n) is 4.46. The second-order valence-electron chi connectivity index (χ2n) is 6.59. The maximum absolute atomic E-state index is 12.9. The number of halogens is 1. The molecule has 1 saturated heterocycles. The van der Waals surface area contributed by atoms with Crippen LogP contribution in [0.15, 0.2) is 48.5 Å². The Morgan fingerprint density at radius 1 is 1.10 bits per heavy atom. The summed E-state index contributed by atoms with van der Waals surface area (Å²) in [6.07, 6.45) is 0.0221. The van der Waals surface area contributed by atoms with Gasteiger partial charge >= 0.3 is 0 Å². The first kappa shape index (κ1) is 21.1. The first-order valence-electron chi connectivity index (χ1n) is 9.47. The van der Waals surface area contributed by atoms with Crippen molar-refractivity contribution in [1.29, 1.82) is 0 Å². The van der Waals surface area contributed by atoms with Gasteiger partial charge in [0.1, 0.15) is 17.3 Å². The SMILES string of the molecule is CCOc1ccccc1N1C[C@@H](C(=O)NNC(=O)COc2ccc(F)cc2)CC1=O. The number of nitrogens with one attached hydrogen (secondary N) is 2. The second-order valence-corrected chi connectivity index (χ2v) is 6.59. The van der Waals surface area contributed by atoms with Crippen LogP contribution in [0.3, 0.4) is 0 Å². The van der Waals surface area contributed by atoms with Gasteiger partial charge in [-0.25, -0.2) is 4.39 Å². The van der Waals surface area contributed by atoms with E-state index in [-0.39, 0.29) is 25.5 Å². The number of para-hydroxylation sites is 2. The highest BCUT2D eigenvalue weighted by Gasteiger charge is 2.36. The van der Waals surface area contributed by atoms with Crippen LogP contribution in [-0.4, -0.2) is 37.5 Å². The van der Waals surface area contributed by atoms with Crippen molar-refractivity contribution >= 4 is 23.4 Å². The third kappa shape index (κ3) is 5.25. The lowest BCUT2D eigenvalue weighted by Gasteiger charge is -2.20.